The van der Waals surface area contributed by atoms with Crippen molar-refractivity contribution in [1.82, 2.24) is 5.32 Å². The van der Waals surface area contributed by atoms with Gasteiger partial charge in [-0.1, -0.05) is 115 Å². The zero-order chi connectivity index (χ0) is 28.4. The van der Waals surface area contributed by atoms with Gasteiger partial charge in [-0.15, -0.1) is 0 Å². The second kappa shape index (κ2) is 19.0. The van der Waals surface area contributed by atoms with Crippen molar-refractivity contribution >= 4 is 22.6 Å². The number of nitrogens with one attached hydrogen (secondary N) is 1. The lowest BCUT2D eigenvalue weighted by atomic mass is 10.1. The molecule has 37 heavy (non-hydrogen) atoms. The number of esters is 1. The van der Waals surface area contributed by atoms with Crippen LogP contribution in [0.2, 0.25) is 0 Å². The third kappa shape index (κ3) is 12.6. The zero-order valence-corrected chi connectivity index (χ0v) is 24.8. The summed E-state index contributed by atoms with van der Waals surface area (Å²) in [6, 6.07) is 20.1. The van der Waals surface area contributed by atoms with E-state index in [4.69, 9.17) is 4.74 Å². The van der Waals surface area contributed by atoms with Gasteiger partial charge in [-0.3, -0.25) is 9.59 Å². The molecule has 0 bridgehead atoms. The highest BCUT2D eigenvalue weighted by Crippen LogP contribution is 2.21. The van der Waals surface area contributed by atoms with Gasteiger partial charge in [0.1, 0.15) is 5.75 Å². The molecule has 0 aliphatic carbocycles. The van der Waals surface area contributed by atoms with Crippen LogP contribution in [0.5, 0.6) is 5.75 Å². The minimum absolute atomic E-state index is 0.0542. The van der Waals surface area contributed by atoms with Crippen molar-refractivity contribution in [2.24, 2.45) is 11.8 Å². The van der Waals surface area contributed by atoms with Crippen molar-refractivity contribution in [2.75, 3.05) is 0 Å². The lowest BCUT2D eigenvalue weighted by molar-refractivity contribution is -0.138. The molecule has 0 radical (unpaired) electrons. The summed E-state index contributed by atoms with van der Waals surface area (Å²) < 4.78 is 5.34. The van der Waals surface area contributed by atoms with Gasteiger partial charge >= 0.3 is 5.97 Å². The SMILES string of the molecule is CC.CC.CCC(C)C(=O)NCc1cc(C)cc(C)c1.CCC(C)C(=O)Oc1ccc2ccccc2c1. The zero-order valence-electron chi connectivity index (χ0n) is 24.8. The van der Waals surface area contributed by atoms with Crippen molar-refractivity contribution in [3.63, 3.8) is 0 Å². The van der Waals surface area contributed by atoms with E-state index in [9.17, 15) is 9.59 Å². The first-order chi connectivity index (χ1) is 17.7. The van der Waals surface area contributed by atoms with Crippen LogP contribution < -0.4 is 10.1 Å². The summed E-state index contributed by atoms with van der Waals surface area (Å²) in [7, 11) is 0. The van der Waals surface area contributed by atoms with E-state index < -0.39 is 0 Å². The van der Waals surface area contributed by atoms with Gasteiger partial charge in [0, 0.05) is 12.5 Å². The largest absolute Gasteiger partial charge is 0.426 e. The van der Waals surface area contributed by atoms with Crippen LogP contribution in [0.3, 0.4) is 0 Å². The molecule has 1 N–H and O–H groups in total. The number of benzene rings is 3. The summed E-state index contributed by atoms with van der Waals surface area (Å²) >= 11 is 0. The number of aryl methyl sites for hydroxylation is 2. The Morgan fingerprint density at radius 1 is 0.757 bits per heavy atom. The van der Waals surface area contributed by atoms with Gasteiger partial charge in [0.15, 0.2) is 0 Å². The van der Waals surface area contributed by atoms with Crippen LogP contribution in [0.25, 0.3) is 10.8 Å². The summed E-state index contributed by atoms with van der Waals surface area (Å²) in [6.45, 7) is 20.6. The van der Waals surface area contributed by atoms with E-state index in [0.717, 1.165) is 23.6 Å². The average Bonchev–Trinajstić information content (AvgIpc) is 2.92. The molecular weight excluding hydrogens is 458 g/mol. The highest BCUT2D eigenvalue weighted by atomic mass is 16.5. The number of carbonyl (C=O) groups excluding carboxylic acids is 2. The van der Waals surface area contributed by atoms with Gasteiger partial charge in [-0.05, 0) is 55.2 Å². The smallest absolute Gasteiger partial charge is 0.314 e. The predicted molar refractivity (Wildman–Crippen MR) is 159 cm³/mol. The molecule has 0 aliphatic rings. The highest BCUT2D eigenvalue weighted by Gasteiger charge is 2.13. The van der Waals surface area contributed by atoms with Crippen LogP contribution in [-0.4, -0.2) is 11.9 Å². The summed E-state index contributed by atoms with van der Waals surface area (Å²) in [6.07, 6.45) is 1.69. The fourth-order valence-corrected chi connectivity index (χ4v) is 3.33. The standard InChI is InChI=1S/C15H16O2.C14H21NO.2C2H6/c1-3-11(2)15(16)17-14-9-8-12-6-4-5-7-13(12)10-14;1-5-12(4)14(16)15-9-13-7-10(2)6-11(3)8-13;2*1-2/h4-11H,3H2,1-2H3;6-8,12H,5,9H2,1-4H3,(H,15,16);2*1-2H3. The molecule has 0 aliphatic heterocycles. The average molecular weight is 508 g/mol. The van der Waals surface area contributed by atoms with Crippen LogP contribution in [0.1, 0.15) is 84.9 Å². The highest BCUT2D eigenvalue weighted by molar-refractivity contribution is 5.85. The van der Waals surface area contributed by atoms with Gasteiger partial charge < -0.3 is 10.1 Å². The van der Waals surface area contributed by atoms with Crippen LogP contribution in [0.15, 0.2) is 60.7 Å². The van der Waals surface area contributed by atoms with Crippen LogP contribution in [0, 0.1) is 25.7 Å². The molecule has 3 aromatic rings. The Kier molecular flexibility index (Phi) is 17.4. The third-order valence-electron chi connectivity index (χ3n) is 5.76. The second-order valence-electron chi connectivity index (χ2n) is 8.76. The van der Waals surface area contributed by atoms with Crippen molar-refractivity contribution < 1.29 is 14.3 Å². The molecule has 0 fully saturated rings. The molecule has 4 nitrogen and oxygen atoms in total. The maximum Gasteiger partial charge on any atom is 0.314 e. The van der Waals surface area contributed by atoms with E-state index in [2.05, 4.69) is 37.4 Å². The first-order valence-electron chi connectivity index (χ1n) is 13.8. The third-order valence-corrected chi connectivity index (χ3v) is 5.76. The quantitative estimate of drug-likeness (QED) is 0.257. The maximum absolute atomic E-state index is 11.7. The molecule has 0 saturated heterocycles. The number of amides is 1. The van der Waals surface area contributed by atoms with Gasteiger partial charge in [0.05, 0.1) is 5.92 Å². The number of rotatable bonds is 7. The van der Waals surface area contributed by atoms with Crippen LogP contribution in [-0.2, 0) is 16.1 Å². The first kappa shape index (κ1) is 33.9. The summed E-state index contributed by atoms with van der Waals surface area (Å²) in [5, 5.41) is 5.20. The van der Waals surface area contributed by atoms with Crippen molar-refractivity contribution in [3.8, 4) is 5.75 Å². The summed E-state index contributed by atoms with van der Waals surface area (Å²) in [5.41, 5.74) is 3.66. The van der Waals surface area contributed by atoms with Crippen LogP contribution in [0.4, 0.5) is 0 Å². The molecule has 1 amide bonds. The monoisotopic (exact) mass is 507 g/mol. The molecule has 3 rings (SSSR count). The Morgan fingerprint density at radius 3 is 1.84 bits per heavy atom. The van der Waals surface area contributed by atoms with Gasteiger partial charge in [0.2, 0.25) is 5.91 Å². The number of hydrogen-bond donors (Lipinski definition) is 1. The van der Waals surface area contributed by atoms with E-state index in [0.29, 0.717) is 12.3 Å². The normalized spacial score (nSPS) is 11.3. The van der Waals surface area contributed by atoms with E-state index in [1.165, 1.54) is 16.7 Å². The number of hydrogen-bond acceptors (Lipinski definition) is 3. The Bertz CT molecular complexity index is 1050. The van der Waals surface area contributed by atoms with Crippen molar-refractivity contribution in [3.05, 3.63) is 77.4 Å². The fourth-order valence-electron chi connectivity index (χ4n) is 3.33. The lowest BCUT2D eigenvalue weighted by Gasteiger charge is -2.10. The second-order valence-corrected chi connectivity index (χ2v) is 8.76. The number of ether oxygens (including phenoxy) is 1. The summed E-state index contributed by atoms with van der Waals surface area (Å²) in [4.78, 5) is 23.3. The van der Waals surface area contributed by atoms with E-state index in [1.807, 2.05) is 97.9 Å². The Balaban J connectivity index is 0.000000619. The topological polar surface area (TPSA) is 55.4 Å². The summed E-state index contributed by atoms with van der Waals surface area (Å²) in [5.74, 6) is 0.644. The minimum atomic E-state index is -0.164. The molecular formula is C33H49NO3. The molecule has 0 aromatic heterocycles. The molecule has 0 spiro atoms. The lowest BCUT2D eigenvalue weighted by Crippen LogP contribution is -2.28. The molecule has 204 valence electrons. The van der Waals surface area contributed by atoms with E-state index in [-0.39, 0.29) is 23.7 Å². The molecule has 0 heterocycles. The molecule has 3 aromatic carbocycles. The molecule has 4 heteroatoms. The Morgan fingerprint density at radius 2 is 1.30 bits per heavy atom. The number of carbonyl (C=O) groups is 2. The Labute approximate surface area is 225 Å². The van der Waals surface area contributed by atoms with Gasteiger partial charge in [-0.2, -0.15) is 0 Å². The van der Waals surface area contributed by atoms with E-state index in [1.54, 1.807) is 0 Å². The minimum Gasteiger partial charge on any atom is -0.426 e. The predicted octanol–water partition coefficient (Wildman–Crippen LogP) is 8.81. The fraction of sp³-hybridized carbons (Fsp3) is 0.455. The van der Waals surface area contributed by atoms with Crippen LogP contribution >= 0.6 is 0 Å². The number of fused-ring (bicyclic) bond motifs is 1. The molecule has 2 atom stereocenters. The van der Waals surface area contributed by atoms with Crippen molar-refractivity contribution in [1.29, 1.82) is 0 Å². The first-order valence-corrected chi connectivity index (χ1v) is 13.8. The van der Waals surface area contributed by atoms with Gasteiger partial charge in [0.25, 0.3) is 0 Å². The maximum atomic E-state index is 11.7. The van der Waals surface area contributed by atoms with Gasteiger partial charge in [-0.25, -0.2) is 0 Å². The Hall–Kier alpha value is -3.14. The van der Waals surface area contributed by atoms with E-state index >= 15 is 0 Å². The molecule has 2 unspecified atom stereocenters. The van der Waals surface area contributed by atoms with Crippen molar-refractivity contribution in [2.45, 2.75) is 88.6 Å². The molecule has 0 saturated carbocycles.